The van der Waals surface area contributed by atoms with E-state index >= 15 is 0 Å². The number of fused-ring (bicyclic) bond motifs is 3. The molecule has 0 radical (unpaired) electrons. The number of hydrogen-bond acceptors (Lipinski definition) is 8. The molecule has 4 aromatic rings. The first kappa shape index (κ1) is 20.1. The van der Waals surface area contributed by atoms with Crippen LogP contribution >= 0.6 is 22.9 Å². The number of hydrogen-bond donors (Lipinski definition) is 2. The van der Waals surface area contributed by atoms with E-state index in [9.17, 15) is 5.11 Å². The number of ether oxygens (including phenoxy) is 1. The second kappa shape index (κ2) is 7.81. The van der Waals surface area contributed by atoms with Gasteiger partial charge in [0.1, 0.15) is 12.1 Å². The van der Waals surface area contributed by atoms with Crippen LogP contribution in [0.15, 0.2) is 29.0 Å². The number of aromatic nitrogens is 3. The van der Waals surface area contributed by atoms with Crippen LogP contribution in [-0.2, 0) is 19.4 Å². The normalized spacial score (nSPS) is 18.4. The van der Waals surface area contributed by atoms with Gasteiger partial charge in [-0.15, -0.1) is 11.3 Å². The van der Waals surface area contributed by atoms with E-state index in [1.165, 1.54) is 11.3 Å². The Morgan fingerprint density at radius 2 is 2.22 bits per heavy atom. The van der Waals surface area contributed by atoms with Gasteiger partial charge < -0.3 is 19.7 Å². The van der Waals surface area contributed by atoms with Crippen molar-refractivity contribution in [3.05, 3.63) is 57.0 Å². The maximum absolute atomic E-state index is 10.3. The van der Waals surface area contributed by atoms with Crippen molar-refractivity contribution in [3.8, 4) is 17.0 Å². The van der Waals surface area contributed by atoms with Crippen molar-refractivity contribution < 1.29 is 14.4 Å². The second-order valence-corrected chi connectivity index (χ2v) is 9.68. The van der Waals surface area contributed by atoms with Crippen molar-refractivity contribution in [1.82, 2.24) is 20.4 Å². The molecule has 1 aromatic carbocycles. The Labute approximate surface area is 193 Å². The van der Waals surface area contributed by atoms with Crippen LogP contribution in [0, 0.1) is 0 Å². The zero-order chi connectivity index (χ0) is 21.8. The van der Waals surface area contributed by atoms with Gasteiger partial charge in [-0.3, -0.25) is 0 Å². The predicted octanol–water partition coefficient (Wildman–Crippen LogP) is 4.77. The van der Waals surface area contributed by atoms with Crippen LogP contribution in [0.5, 0.6) is 5.75 Å². The van der Waals surface area contributed by atoms with E-state index in [2.05, 4.69) is 20.4 Å². The highest BCUT2D eigenvalue weighted by molar-refractivity contribution is 7.19. The summed E-state index contributed by atoms with van der Waals surface area (Å²) in [7, 11) is 0. The quantitative estimate of drug-likeness (QED) is 0.445. The number of aliphatic hydroxyl groups excluding tert-OH is 1. The molecule has 0 aliphatic carbocycles. The zero-order valence-electron chi connectivity index (χ0n) is 17.4. The molecular weight excluding hydrogens is 448 g/mol. The fourth-order valence-corrected chi connectivity index (χ4v) is 5.92. The summed E-state index contributed by atoms with van der Waals surface area (Å²) in [6.45, 7) is 3.60. The first-order chi connectivity index (χ1) is 15.6. The Bertz CT molecular complexity index is 1330. The highest BCUT2D eigenvalue weighted by Crippen LogP contribution is 2.47. The summed E-state index contributed by atoms with van der Waals surface area (Å²) < 4.78 is 13.1. The van der Waals surface area contributed by atoms with Crippen molar-refractivity contribution >= 4 is 33.2 Å². The molecular formula is C23H21ClN4O3S. The highest BCUT2D eigenvalue weighted by Gasteiger charge is 2.34. The van der Waals surface area contributed by atoms with E-state index in [1.807, 2.05) is 25.1 Å². The Kier molecular flexibility index (Phi) is 4.91. The summed E-state index contributed by atoms with van der Waals surface area (Å²) in [5.74, 6) is 1.54. The lowest BCUT2D eigenvalue weighted by atomic mass is 10.0. The SMILES string of the molecule is CC[C@@H](O)c1cc2ncnc(-c3cc(Cl)cc4c3O[C@@H](c3onc5c3CNCC5)C4)c2s1. The van der Waals surface area contributed by atoms with E-state index in [0.717, 1.165) is 74.2 Å². The summed E-state index contributed by atoms with van der Waals surface area (Å²) >= 11 is 8.02. The molecule has 5 heterocycles. The molecule has 0 fully saturated rings. The van der Waals surface area contributed by atoms with E-state index in [1.54, 1.807) is 6.33 Å². The molecule has 0 saturated heterocycles. The first-order valence-corrected chi connectivity index (χ1v) is 11.9. The largest absolute Gasteiger partial charge is 0.481 e. The number of aliphatic hydroxyl groups is 1. The fraction of sp³-hybridized carbons (Fsp3) is 0.348. The molecule has 0 unspecified atom stereocenters. The molecule has 32 heavy (non-hydrogen) atoms. The van der Waals surface area contributed by atoms with Crippen LogP contribution in [0.4, 0.5) is 0 Å². The average molecular weight is 469 g/mol. The topological polar surface area (TPSA) is 93.3 Å². The minimum Gasteiger partial charge on any atom is -0.481 e. The minimum absolute atomic E-state index is 0.253. The summed E-state index contributed by atoms with van der Waals surface area (Å²) in [5, 5.41) is 18.6. The molecule has 2 N–H and O–H groups in total. The maximum Gasteiger partial charge on any atom is 0.182 e. The molecule has 0 saturated carbocycles. The molecule has 0 spiro atoms. The Balaban J connectivity index is 1.44. The van der Waals surface area contributed by atoms with Crippen LogP contribution in [0.1, 0.15) is 53.0 Å². The second-order valence-electron chi connectivity index (χ2n) is 8.16. The monoisotopic (exact) mass is 468 g/mol. The van der Waals surface area contributed by atoms with Gasteiger partial charge >= 0.3 is 0 Å². The smallest absolute Gasteiger partial charge is 0.182 e. The van der Waals surface area contributed by atoms with Gasteiger partial charge in [0, 0.05) is 52.5 Å². The van der Waals surface area contributed by atoms with Crippen molar-refractivity contribution in [3.63, 3.8) is 0 Å². The molecule has 6 rings (SSSR count). The van der Waals surface area contributed by atoms with Crippen LogP contribution in [-0.4, -0.2) is 26.8 Å². The van der Waals surface area contributed by atoms with E-state index in [4.69, 9.17) is 20.9 Å². The van der Waals surface area contributed by atoms with Crippen molar-refractivity contribution in [2.75, 3.05) is 6.54 Å². The Morgan fingerprint density at radius 3 is 3.09 bits per heavy atom. The predicted molar refractivity (Wildman–Crippen MR) is 122 cm³/mol. The van der Waals surface area contributed by atoms with Gasteiger partial charge in [0.05, 0.1) is 27.7 Å². The highest BCUT2D eigenvalue weighted by atomic mass is 35.5. The van der Waals surface area contributed by atoms with Crippen molar-refractivity contribution in [2.45, 2.75) is 44.9 Å². The van der Waals surface area contributed by atoms with Gasteiger partial charge in [0.15, 0.2) is 11.9 Å². The van der Waals surface area contributed by atoms with Crippen LogP contribution < -0.4 is 10.1 Å². The van der Waals surface area contributed by atoms with Gasteiger partial charge in [0.2, 0.25) is 0 Å². The molecule has 0 bridgehead atoms. The third-order valence-electron chi connectivity index (χ3n) is 6.13. The minimum atomic E-state index is -0.515. The number of halogens is 1. The number of rotatable bonds is 4. The third-order valence-corrected chi connectivity index (χ3v) is 7.58. The summed E-state index contributed by atoms with van der Waals surface area (Å²) in [5.41, 5.74) is 5.52. The zero-order valence-corrected chi connectivity index (χ0v) is 19.0. The Hall–Kier alpha value is -2.52. The van der Waals surface area contributed by atoms with Crippen molar-refractivity contribution in [1.29, 1.82) is 0 Å². The molecule has 2 atom stereocenters. The molecule has 2 aliphatic heterocycles. The molecule has 9 heteroatoms. The van der Waals surface area contributed by atoms with Crippen molar-refractivity contribution in [2.24, 2.45) is 0 Å². The maximum atomic E-state index is 10.3. The van der Waals surface area contributed by atoms with Crippen LogP contribution in [0.3, 0.4) is 0 Å². The average Bonchev–Trinajstić information content (AvgIpc) is 3.53. The number of nitrogens with one attached hydrogen (secondary N) is 1. The van der Waals surface area contributed by atoms with Gasteiger partial charge in [-0.1, -0.05) is 23.7 Å². The number of thiophene rings is 1. The molecule has 0 amide bonds. The molecule has 2 aliphatic rings. The summed E-state index contributed by atoms with van der Waals surface area (Å²) in [4.78, 5) is 9.87. The van der Waals surface area contributed by atoms with E-state index in [0.29, 0.717) is 17.9 Å². The number of nitrogens with zero attached hydrogens (tertiary/aromatic N) is 3. The Morgan fingerprint density at radius 1 is 1.31 bits per heavy atom. The van der Waals surface area contributed by atoms with Gasteiger partial charge in [-0.05, 0) is 24.6 Å². The lowest BCUT2D eigenvalue weighted by molar-refractivity contribution is 0.177. The van der Waals surface area contributed by atoms with E-state index in [-0.39, 0.29) is 6.10 Å². The summed E-state index contributed by atoms with van der Waals surface area (Å²) in [6.07, 6.45) is 2.94. The lowest BCUT2D eigenvalue weighted by Gasteiger charge is -2.14. The molecule has 7 nitrogen and oxygen atoms in total. The number of benzene rings is 1. The van der Waals surface area contributed by atoms with Gasteiger partial charge in [0.25, 0.3) is 0 Å². The van der Waals surface area contributed by atoms with Crippen LogP contribution in [0.2, 0.25) is 5.02 Å². The molecule has 164 valence electrons. The van der Waals surface area contributed by atoms with Gasteiger partial charge in [-0.25, -0.2) is 9.97 Å². The van der Waals surface area contributed by atoms with Crippen LogP contribution in [0.25, 0.3) is 21.5 Å². The first-order valence-electron chi connectivity index (χ1n) is 10.7. The summed E-state index contributed by atoms with van der Waals surface area (Å²) in [6, 6.07) is 5.76. The fourth-order valence-electron chi connectivity index (χ4n) is 4.49. The lowest BCUT2D eigenvalue weighted by Crippen LogP contribution is -2.24. The van der Waals surface area contributed by atoms with E-state index < -0.39 is 6.10 Å². The van der Waals surface area contributed by atoms with Gasteiger partial charge in [-0.2, -0.15) is 0 Å². The third kappa shape index (κ3) is 3.21. The standard InChI is InChI=1S/C23H21ClN4O3S/c1-2-17(29)19-8-16-23(32-19)20(27-10-26-16)13-7-12(24)5-11-6-18(30-21(11)13)22-14-9-25-4-3-15(14)28-31-22/h5,7-8,10,17-18,25,29H,2-4,6,9H2,1H3/t17-,18-/m1/s1. The molecule has 3 aromatic heterocycles.